The van der Waals surface area contributed by atoms with Crippen LogP contribution in [-0.2, 0) is 4.74 Å². The molecular weight excluding hydrogens is 267 g/mol. The molecule has 0 unspecified atom stereocenters. The van der Waals surface area contributed by atoms with Crippen molar-refractivity contribution in [2.75, 3.05) is 0 Å². The average molecular weight is 286 g/mol. The van der Waals surface area contributed by atoms with Crippen molar-refractivity contribution < 1.29 is 13.9 Å². The summed E-state index contributed by atoms with van der Waals surface area (Å²) in [5.74, 6) is -0.788. The summed E-state index contributed by atoms with van der Waals surface area (Å²) in [6, 6.07) is 11.9. The maximum absolute atomic E-state index is 14.2. The van der Waals surface area contributed by atoms with Crippen LogP contribution in [0.2, 0.25) is 0 Å². The number of rotatable bonds is 2. The van der Waals surface area contributed by atoms with Gasteiger partial charge in [-0.1, -0.05) is 30.3 Å². The van der Waals surface area contributed by atoms with Gasteiger partial charge in [-0.2, -0.15) is 0 Å². The number of esters is 1. The summed E-state index contributed by atoms with van der Waals surface area (Å²) in [7, 11) is 0. The van der Waals surface area contributed by atoms with E-state index in [4.69, 9.17) is 4.74 Å². The fourth-order valence-corrected chi connectivity index (χ4v) is 2.07. The van der Waals surface area contributed by atoms with Crippen molar-refractivity contribution >= 4 is 5.97 Å². The first kappa shape index (κ1) is 15.2. The highest BCUT2D eigenvalue weighted by molar-refractivity contribution is 5.97. The molecule has 0 N–H and O–H groups in total. The van der Waals surface area contributed by atoms with Crippen molar-refractivity contribution in [2.24, 2.45) is 0 Å². The van der Waals surface area contributed by atoms with Crippen LogP contribution < -0.4 is 0 Å². The van der Waals surface area contributed by atoms with Crippen LogP contribution in [-0.4, -0.2) is 11.6 Å². The molecule has 3 heteroatoms. The molecule has 110 valence electrons. The largest absolute Gasteiger partial charge is 0.456 e. The number of hydrogen-bond donors (Lipinski definition) is 0. The number of halogens is 1. The third kappa shape index (κ3) is 3.69. The van der Waals surface area contributed by atoms with E-state index in [0.717, 1.165) is 5.56 Å². The van der Waals surface area contributed by atoms with E-state index in [1.807, 2.05) is 13.0 Å². The molecule has 2 nitrogen and oxygen atoms in total. The minimum atomic E-state index is -0.587. The van der Waals surface area contributed by atoms with Gasteiger partial charge in [-0.15, -0.1) is 0 Å². The number of carbonyl (C=O) groups is 1. The number of hydrogen-bond acceptors (Lipinski definition) is 2. The second-order valence-corrected chi connectivity index (χ2v) is 6.03. The molecule has 0 amide bonds. The van der Waals surface area contributed by atoms with Crippen LogP contribution in [0.3, 0.4) is 0 Å². The number of carbonyl (C=O) groups excluding carboxylic acids is 1. The van der Waals surface area contributed by atoms with E-state index < -0.39 is 11.6 Å². The summed E-state index contributed by atoms with van der Waals surface area (Å²) in [6.07, 6.45) is 0. The standard InChI is InChI=1S/C18H19FO2/c1-12-9-10-14(16(19)11-12)13-7-5-6-8-15(13)17(20)21-18(2,3)4/h5-11H,1-4H3. The van der Waals surface area contributed by atoms with Crippen LogP contribution in [0.5, 0.6) is 0 Å². The Morgan fingerprint density at radius 2 is 1.71 bits per heavy atom. The first-order valence-electron chi connectivity index (χ1n) is 6.87. The van der Waals surface area contributed by atoms with Crippen molar-refractivity contribution in [3.63, 3.8) is 0 Å². The first-order valence-corrected chi connectivity index (χ1v) is 6.87. The molecule has 0 radical (unpaired) electrons. The summed E-state index contributed by atoms with van der Waals surface area (Å²) in [6.45, 7) is 7.24. The second-order valence-electron chi connectivity index (χ2n) is 6.03. The molecule has 0 fully saturated rings. The van der Waals surface area contributed by atoms with E-state index >= 15 is 0 Å². The molecule has 0 aliphatic rings. The molecule has 0 saturated heterocycles. The van der Waals surface area contributed by atoms with Crippen molar-refractivity contribution in [2.45, 2.75) is 33.3 Å². The van der Waals surface area contributed by atoms with Gasteiger partial charge in [0, 0.05) is 5.56 Å². The normalized spacial score (nSPS) is 11.3. The van der Waals surface area contributed by atoms with Crippen molar-refractivity contribution in [1.82, 2.24) is 0 Å². The molecule has 0 saturated carbocycles. The molecular formula is C18H19FO2. The Labute approximate surface area is 124 Å². The lowest BCUT2D eigenvalue weighted by atomic mass is 9.98. The SMILES string of the molecule is Cc1ccc(-c2ccccc2C(=O)OC(C)(C)C)c(F)c1. The zero-order valence-corrected chi connectivity index (χ0v) is 12.7. The van der Waals surface area contributed by atoms with Gasteiger partial charge in [-0.3, -0.25) is 0 Å². The van der Waals surface area contributed by atoms with Gasteiger partial charge in [0.05, 0.1) is 5.56 Å². The van der Waals surface area contributed by atoms with Gasteiger partial charge < -0.3 is 4.74 Å². The van der Waals surface area contributed by atoms with Gasteiger partial charge in [0.2, 0.25) is 0 Å². The lowest BCUT2D eigenvalue weighted by molar-refractivity contribution is 0.00705. The fraction of sp³-hybridized carbons (Fsp3) is 0.278. The lowest BCUT2D eigenvalue weighted by Gasteiger charge is -2.20. The third-order valence-corrected chi connectivity index (χ3v) is 2.96. The maximum atomic E-state index is 14.2. The summed E-state index contributed by atoms with van der Waals surface area (Å²) in [4.78, 5) is 12.3. The molecule has 2 rings (SSSR count). The predicted octanol–water partition coefficient (Wildman–Crippen LogP) is 4.76. The monoisotopic (exact) mass is 286 g/mol. The summed E-state index contributed by atoms with van der Waals surface area (Å²) >= 11 is 0. The topological polar surface area (TPSA) is 26.3 Å². The lowest BCUT2D eigenvalue weighted by Crippen LogP contribution is -2.24. The molecule has 2 aromatic carbocycles. The summed E-state index contributed by atoms with van der Waals surface area (Å²) < 4.78 is 19.6. The zero-order valence-electron chi connectivity index (χ0n) is 12.7. The quantitative estimate of drug-likeness (QED) is 0.744. The van der Waals surface area contributed by atoms with Crippen LogP contribution in [0, 0.1) is 12.7 Å². The first-order chi connectivity index (χ1) is 9.78. The van der Waals surface area contributed by atoms with Crippen LogP contribution in [0.25, 0.3) is 11.1 Å². The molecule has 0 aliphatic heterocycles. The Morgan fingerprint density at radius 3 is 2.33 bits per heavy atom. The zero-order chi connectivity index (χ0) is 15.6. The Balaban J connectivity index is 2.48. The highest BCUT2D eigenvalue weighted by Crippen LogP contribution is 2.28. The number of aryl methyl sites for hydroxylation is 1. The molecule has 0 atom stereocenters. The molecule has 0 bridgehead atoms. The van der Waals surface area contributed by atoms with Crippen LogP contribution >= 0.6 is 0 Å². The van der Waals surface area contributed by atoms with E-state index in [2.05, 4.69) is 0 Å². The Hall–Kier alpha value is -2.16. The third-order valence-electron chi connectivity index (χ3n) is 2.96. The maximum Gasteiger partial charge on any atom is 0.339 e. The fourth-order valence-electron chi connectivity index (χ4n) is 2.07. The summed E-state index contributed by atoms with van der Waals surface area (Å²) in [5, 5.41) is 0. The van der Waals surface area contributed by atoms with E-state index in [9.17, 15) is 9.18 Å². The summed E-state index contributed by atoms with van der Waals surface area (Å²) in [5.41, 5.74) is 1.57. The van der Waals surface area contributed by atoms with E-state index in [1.165, 1.54) is 6.07 Å². The minimum Gasteiger partial charge on any atom is -0.456 e. The van der Waals surface area contributed by atoms with Gasteiger partial charge in [-0.25, -0.2) is 9.18 Å². The molecule has 2 aromatic rings. The highest BCUT2D eigenvalue weighted by Gasteiger charge is 2.21. The molecule has 21 heavy (non-hydrogen) atoms. The molecule has 0 aromatic heterocycles. The van der Waals surface area contributed by atoms with E-state index in [0.29, 0.717) is 16.7 Å². The molecule has 0 aliphatic carbocycles. The Bertz CT molecular complexity index is 669. The average Bonchev–Trinajstić information content (AvgIpc) is 2.37. The van der Waals surface area contributed by atoms with Crippen molar-refractivity contribution in [3.8, 4) is 11.1 Å². The number of ether oxygens (including phenoxy) is 1. The highest BCUT2D eigenvalue weighted by atomic mass is 19.1. The van der Waals surface area contributed by atoms with Gasteiger partial charge in [0.25, 0.3) is 0 Å². The Morgan fingerprint density at radius 1 is 1.05 bits per heavy atom. The van der Waals surface area contributed by atoms with Gasteiger partial charge in [0.15, 0.2) is 0 Å². The van der Waals surface area contributed by atoms with Crippen LogP contribution in [0.4, 0.5) is 4.39 Å². The smallest absolute Gasteiger partial charge is 0.339 e. The van der Waals surface area contributed by atoms with Gasteiger partial charge in [-0.05, 0) is 51.0 Å². The van der Waals surface area contributed by atoms with Gasteiger partial charge in [0.1, 0.15) is 11.4 Å². The Kier molecular flexibility index (Phi) is 4.12. The predicted molar refractivity (Wildman–Crippen MR) is 81.7 cm³/mol. The van der Waals surface area contributed by atoms with Crippen LogP contribution in [0.1, 0.15) is 36.7 Å². The molecule has 0 spiro atoms. The van der Waals surface area contributed by atoms with E-state index in [-0.39, 0.29) is 5.82 Å². The second kappa shape index (κ2) is 5.68. The van der Waals surface area contributed by atoms with Crippen LogP contribution in [0.15, 0.2) is 42.5 Å². The van der Waals surface area contributed by atoms with Crippen molar-refractivity contribution in [3.05, 3.63) is 59.4 Å². The van der Waals surface area contributed by atoms with Gasteiger partial charge >= 0.3 is 5.97 Å². The van der Waals surface area contributed by atoms with Crippen molar-refractivity contribution in [1.29, 1.82) is 0 Å². The minimum absolute atomic E-state index is 0.342. The molecule has 0 heterocycles. The van der Waals surface area contributed by atoms with E-state index in [1.54, 1.807) is 51.1 Å². The number of benzene rings is 2.